The number of halogens is 1. The molecule has 0 bridgehead atoms. The van der Waals surface area contributed by atoms with Gasteiger partial charge in [-0.15, -0.1) is 0 Å². The summed E-state index contributed by atoms with van der Waals surface area (Å²) in [5.74, 6) is -0.140. The molecule has 0 aliphatic heterocycles. The Hall–Kier alpha value is -2.64. The molecule has 1 heterocycles. The highest BCUT2D eigenvalue weighted by Gasteiger charge is 2.15. The first kappa shape index (κ1) is 20.1. The normalized spacial score (nSPS) is 12.1. The van der Waals surface area contributed by atoms with E-state index >= 15 is 0 Å². The van der Waals surface area contributed by atoms with Crippen molar-refractivity contribution in [3.63, 3.8) is 0 Å². The van der Waals surface area contributed by atoms with E-state index in [0.717, 1.165) is 5.56 Å². The molecule has 3 aromatic rings. The number of hydrogen-bond acceptors (Lipinski definition) is 4. The van der Waals surface area contributed by atoms with E-state index in [-0.39, 0.29) is 23.5 Å². The molecule has 0 saturated heterocycles. The van der Waals surface area contributed by atoms with Crippen LogP contribution in [-0.2, 0) is 4.79 Å². The first-order valence-electron chi connectivity index (χ1n) is 8.95. The third-order valence-corrected chi connectivity index (χ3v) is 5.29. The zero-order chi connectivity index (χ0) is 19.9. The number of nitrogens with zero attached hydrogens (tertiary/aromatic N) is 3. The summed E-state index contributed by atoms with van der Waals surface area (Å²) in [6, 6.07) is 16.5. The molecule has 0 spiro atoms. The SMILES string of the molecule is CN(C)[C@H](CNC(=O)CSc1nccn1-c1cccc(F)c1)c1ccccc1. The van der Waals surface area contributed by atoms with Crippen molar-refractivity contribution in [3.05, 3.63) is 78.4 Å². The largest absolute Gasteiger partial charge is 0.353 e. The van der Waals surface area contributed by atoms with Crippen LogP contribution in [0.2, 0.25) is 0 Å². The Labute approximate surface area is 168 Å². The van der Waals surface area contributed by atoms with Crippen molar-refractivity contribution >= 4 is 17.7 Å². The van der Waals surface area contributed by atoms with Gasteiger partial charge in [-0.1, -0.05) is 48.2 Å². The summed E-state index contributed by atoms with van der Waals surface area (Å²) >= 11 is 1.32. The molecular formula is C21H23FN4OS. The van der Waals surface area contributed by atoms with E-state index in [2.05, 4.69) is 27.3 Å². The number of carbonyl (C=O) groups is 1. The Bertz CT molecular complexity index is 914. The van der Waals surface area contributed by atoms with Gasteiger partial charge in [-0.3, -0.25) is 9.36 Å². The number of benzene rings is 2. The summed E-state index contributed by atoms with van der Waals surface area (Å²) < 4.78 is 15.2. The van der Waals surface area contributed by atoms with E-state index in [9.17, 15) is 9.18 Å². The predicted octanol–water partition coefficient (Wildman–Crippen LogP) is 3.52. The van der Waals surface area contributed by atoms with Crippen molar-refractivity contribution < 1.29 is 9.18 Å². The number of aromatic nitrogens is 2. The molecule has 0 radical (unpaired) electrons. The number of hydrogen-bond donors (Lipinski definition) is 1. The quantitative estimate of drug-likeness (QED) is 0.590. The van der Waals surface area contributed by atoms with Crippen LogP contribution < -0.4 is 5.32 Å². The minimum Gasteiger partial charge on any atom is -0.353 e. The van der Waals surface area contributed by atoms with Crippen LogP contribution in [-0.4, -0.2) is 46.8 Å². The van der Waals surface area contributed by atoms with Crippen molar-refractivity contribution in [2.75, 3.05) is 26.4 Å². The zero-order valence-electron chi connectivity index (χ0n) is 15.9. The minimum atomic E-state index is -0.310. The van der Waals surface area contributed by atoms with E-state index in [4.69, 9.17) is 0 Å². The van der Waals surface area contributed by atoms with Crippen LogP contribution in [0.25, 0.3) is 5.69 Å². The number of carbonyl (C=O) groups excluding carboxylic acids is 1. The summed E-state index contributed by atoms with van der Waals surface area (Å²) in [4.78, 5) is 18.7. The van der Waals surface area contributed by atoms with Crippen LogP contribution in [0.15, 0.2) is 72.1 Å². The van der Waals surface area contributed by atoms with E-state index in [1.807, 2.05) is 32.3 Å². The molecule has 3 rings (SSSR count). The van der Waals surface area contributed by atoms with Crippen molar-refractivity contribution in [2.45, 2.75) is 11.2 Å². The van der Waals surface area contributed by atoms with Crippen molar-refractivity contribution in [1.82, 2.24) is 19.8 Å². The van der Waals surface area contributed by atoms with Gasteiger partial charge < -0.3 is 10.2 Å². The standard InChI is InChI=1S/C21H23FN4OS/c1-25(2)19(16-7-4-3-5-8-16)14-24-20(27)15-28-21-23-11-12-26(21)18-10-6-9-17(22)13-18/h3-13,19H,14-15H2,1-2H3,(H,24,27)/t19-/m1/s1. The van der Waals surface area contributed by atoms with Crippen LogP contribution in [0.5, 0.6) is 0 Å². The minimum absolute atomic E-state index is 0.0680. The van der Waals surface area contributed by atoms with Crippen molar-refractivity contribution in [2.24, 2.45) is 0 Å². The summed E-state index contributed by atoms with van der Waals surface area (Å²) in [7, 11) is 3.99. The average molecular weight is 399 g/mol. The van der Waals surface area contributed by atoms with Crippen LogP contribution >= 0.6 is 11.8 Å². The molecule has 1 amide bonds. The Balaban J connectivity index is 1.57. The number of rotatable bonds is 8. The second-order valence-corrected chi connectivity index (χ2v) is 7.49. The van der Waals surface area contributed by atoms with Gasteiger partial charge in [0, 0.05) is 18.9 Å². The molecule has 0 saturated carbocycles. The first-order valence-corrected chi connectivity index (χ1v) is 9.93. The number of nitrogens with one attached hydrogen (secondary N) is 1. The van der Waals surface area contributed by atoms with Gasteiger partial charge in [0.1, 0.15) is 5.82 Å². The molecule has 1 atom stereocenters. The monoisotopic (exact) mass is 398 g/mol. The lowest BCUT2D eigenvalue weighted by Crippen LogP contribution is -2.35. The van der Waals surface area contributed by atoms with Crippen molar-refractivity contribution in [1.29, 1.82) is 0 Å². The Morgan fingerprint density at radius 3 is 2.71 bits per heavy atom. The molecule has 146 valence electrons. The topological polar surface area (TPSA) is 50.2 Å². The fourth-order valence-electron chi connectivity index (χ4n) is 2.88. The molecule has 0 fully saturated rings. The molecule has 1 N–H and O–H groups in total. The van der Waals surface area contributed by atoms with Gasteiger partial charge in [-0.2, -0.15) is 0 Å². The lowest BCUT2D eigenvalue weighted by molar-refractivity contribution is -0.118. The number of thioether (sulfide) groups is 1. The number of likely N-dealkylation sites (N-methyl/N-ethyl adjacent to an activating group) is 1. The molecule has 2 aromatic carbocycles. The fourth-order valence-corrected chi connectivity index (χ4v) is 3.69. The predicted molar refractivity (Wildman–Crippen MR) is 110 cm³/mol. The highest BCUT2D eigenvalue weighted by molar-refractivity contribution is 7.99. The van der Waals surface area contributed by atoms with Crippen LogP contribution in [0, 0.1) is 5.82 Å². The third-order valence-electron chi connectivity index (χ3n) is 4.33. The fraction of sp³-hybridized carbons (Fsp3) is 0.238. The Morgan fingerprint density at radius 1 is 1.21 bits per heavy atom. The Morgan fingerprint density at radius 2 is 2.00 bits per heavy atom. The van der Waals surface area contributed by atoms with Gasteiger partial charge in [0.05, 0.1) is 17.5 Å². The second-order valence-electron chi connectivity index (χ2n) is 6.54. The van der Waals surface area contributed by atoms with Gasteiger partial charge in [0.2, 0.25) is 5.91 Å². The second kappa shape index (κ2) is 9.52. The molecule has 5 nitrogen and oxygen atoms in total. The molecule has 7 heteroatoms. The summed E-state index contributed by atoms with van der Waals surface area (Å²) in [6.45, 7) is 0.523. The first-order chi connectivity index (χ1) is 13.5. The Kier molecular flexibility index (Phi) is 6.84. The maximum atomic E-state index is 13.5. The van der Waals surface area contributed by atoms with E-state index in [0.29, 0.717) is 17.4 Å². The lowest BCUT2D eigenvalue weighted by Gasteiger charge is -2.25. The van der Waals surface area contributed by atoms with E-state index in [1.54, 1.807) is 29.1 Å². The number of amides is 1. The third kappa shape index (κ3) is 5.21. The van der Waals surface area contributed by atoms with Gasteiger partial charge in [0.25, 0.3) is 0 Å². The average Bonchev–Trinajstić information content (AvgIpc) is 3.16. The van der Waals surface area contributed by atoms with Crippen LogP contribution in [0.3, 0.4) is 0 Å². The molecule has 0 aliphatic carbocycles. The molecule has 0 unspecified atom stereocenters. The number of imidazole rings is 1. The maximum Gasteiger partial charge on any atom is 0.230 e. The zero-order valence-corrected chi connectivity index (χ0v) is 16.7. The summed E-state index contributed by atoms with van der Waals surface area (Å²) in [6.07, 6.45) is 3.40. The molecule has 0 aliphatic rings. The van der Waals surface area contributed by atoms with Crippen LogP contribution in [0.1, 0.15) is 11.6 Å². The highest BCUT2D eigenvalue weighted by Crippen LogP contribution is 2.21. The molecule has 28 heavy (non-hydrogen) atoms. The summed E-state index contributed by atoms with van der Waals surface area (Å²) in [5.41, 5.74) is 1.83. The lowest BCUT2D eigenvalue weighted by atomic mass is 10.1. The smallest absolute Gasteiger partial charge is 0.230 e. The molecular weight excluding hydrogens is 375 g/mol. The van der Waals surface area contributed by atoms with Gasteiger partial charge in [0.15, 0.2) is 5.16 Å². The highest BCUT2D eigenvalue weighted by atomic mass is 32.2. The van der Waals surface area contributed by atoms with Gasteiger partial charge in [-0.05, 0) is 37.9 Å². The van der Waals surface area contributed by atoms with Crippen LogP contribution in [0.4, 0.5) is 4.39 Å². The van der Waals surface area contributed by atoms with Crippen molar-refractivity contribution in [3.8, 4) is 5.69 Å². The molecule has 1 aromatic heterocycles. The van der Waals surface area contributed by atoms with E-state index < -0.39 is 0 Å². The maximum absolute atomic E-state index is 13.5. The summed E-state index contributed by atoms with van der Waals surface area (Å²) in [5, 5.41) is 3.64. The van der Waals surface area contributed by atoms with Gasteiger partial charge >= 0.3 is 0 Å². The van der Waals surface area contributed by atoms with E-state index in [1.165, 1.54) is 23.9 Å². The van der Waals surface area contributed by atoms with Gasteiger partial charge in [-0.25, -0.2) is 9.37 Å².